The molecule has 0 aliphatic heterocycles. The molecular weight excluding hydrogens is 240 g/mol. The topological polar surface area (TPSA) is 73.1 Å². The normalized spacial score (nSPS) is 29.5. The van der Waals surface area contributed by atoms with Crippen molar-refractivity contribution in [3.05, 3.63) is 17.6 Å². The first-order valence-electron chi connectivity index (χ1n) is 7.26. The van der Waals surface area contributed by atoms with E-state index in [2.05, 4.69) is 15.3 Å². The molecule has 3 unspecified atom stereocenters. The summed E-state index contributed by atoms with van der Waals surface area (Å²) in [5.41, 5.74) is 8.56. The monoisotopic (exact) mass is 262 g/mol. The van der Waals surface area contributed by atoms with Gasteiger partial charge in [0.25, 0.3) is 0 Å². The van der Waals surface area contributed by atoms with Gasteiger partial charge in [-0.25, -0.2) is 9.97 Å². The summed E-state index contributed by atoms with van der Waals surface area (Å²) in [5, 5.41) is 3.49. The van der Waals surface area contributed by atoms with E-state index < -0.39 is 0 Å². The van der Waals surface area contributed by atoms with Crippen molar-refractivity contribution in [3.63, 3.8) is 0 Å². The summed E-state index contributed by atoms with van der Waals surface area (Å²) in [6, 6.07) is 0.339. The van der Waals surface area contributed by atoms with E-state index in [0.29, 0.717) is 0 Å². The Balaban J connectivity index is 1.76. The minimum absolute atomic E-state index is 0.158. The van der Waals surface area contributed by atoms with Crippen LogP contribution in [0, 0.1) is 0 Å². The molecule has 1 fully saturated rings. The number of hydrogen-bond donors (Lipinski definition) is 2. The van der Waals surface area contributed by atoms with E-state index in [4.69, 9.17) is 10.5 Å². The molecule has 2 aliphatic rings. The van der Waals surface area contributed by atoms with Crippen LogP contribution in [0.1, 0.15) is 37.4 Å². The average Bonchev–Trinajstić information content (AvgIpc) is 2.44. The Bertz CT molecular complexity index is 449. The van der Waals surface area contributed by atoms with Crippen molar-refractivity contribution in [2.45, 2.75) is 57.2 Å². The van der Waals surface area contributed by atoms with Gasteiger partial charge in [0.05, 0.1) is 12.1 Å². The zero-order chi connectivity index (χ0) is 13.2. The second kappa shape index (κ2) is 5.43. The first-order valence-corrected chi connectivity index (χ1v) is 7.26. The SMILES string of the molecule is CCOC1CC(N)C1Nc1ncnc2c1CCCC2. The standard InChI is InChI=1S/C14H22N4O/c1-2-19-12-7-10(15)13(12)18-14-9-5-3-4-6-11(9)16-8-17-14/h8,10,12-13H,2-7,15H2,1H3,(H,16,17,18). The van der Waals surface area contributed by atoms with Gasteiger partial charge in [-0.2, -0.15) is 0 Å². The molecule has 0 bridgehead atoms. The fourth-order valence-corrected chi connectivity index (χ4v) is 3.03. The summed E-state index contributed by atoms with van der Waals surface area (Å²) in [6.07, 6.45) is 7.40. The Morgan fingerprint density at radius 2 is 2.21 bits per heavy atom. The molecule has 3 atom stereocenters. The molecule has 0 aromatic carbocycles. The molecule has 1 saturated carbocycles. The Morgan fingerprint density at radius 3 is 3.00 bits per heavy atom. The maximum atomic E-state index is 6.08. The molecule has 3 N–H and O–H groups in total. The summed E-state index contributed by atoms with van der Waals surface area (Å²) < 4.78 is 5.69. The van der Waals surface area contributed by atoms with Crippen LogP contribution in [-0.4, -0.2) is 34.8 Å². The van der Waals surface area contributed by atoms with Crippen LogP contribution in [0.2, 0.25) is 0 Å². The number of nitrogens with zero attached hydrogens (tertiary/aromatic N) is 2. The lowest BCUT2D eigenvalue weighted by Crippen LogP contribution is -2.60. The smallest absolute Gasteiger partial charge is 0.133 e. The van der Waals surface area contributed by atoms with Gasteiger partial charge in [0.1, 0.15) is 12.1 Å². The molecule has 1 aromatic rings. The number of aromatic nitrogens is 2. The summed E-state index contributed by atoms with van der Waals surface area (Å²) >= 11 is 0. The van der Waals surface area contributed by atoms with Crippen LogP contribution in [0.3, 0.4) is 0 Å². The summed E-state index contributed by atoms with van der Waals surface area (Å²) in [5.74, 6) is 0.967. The lowest BCUT2D eigenvalue weighted by Gasteiger charge is -2.43. The summed E-state index contributed by atoms with van der Waals surface area (Å²) in [6.45, 7) is 2.75. The predicted molar refractivity (Wildman–Crippen MR) is 74.1 cm³/mol. The van der Waals surface area contributed by atoms with Crippen molar-refractivity contribution in [2.75, 3.05) is 11.9 Å². The summed E-state index contributed by atoms with van der Waals surface area (Å²) in [4.78, 5) is 8.80. The van der Waals surface area contributed by atoms with Gasteiger partial charge in [0.15, 0.2) is 0 Å². The number of fused-ring (bicyclic) bond motifs is 1. The van der Waals surface area contributed by atoms with Crippen molar-refractivity contribution in [2.24, 2.45) is 5.73 Å². The molecule has 19 heavy (non-hydrogen) atoms. The van der Waals surface area contributed by atoms with Crippen molar-refractivity contribution < 1.29 is 4.74 Å². The van der Waals surface area contributed by atoms with Crippen LogP contribution in [-0.2, 0) is 17.6 Å². The largest absolute Gasteiger partial charge is 0.376 e. The lowest BCUT2D eigenvalue weighted by atomic mass is 9.83. The Hall–Kier alpha value is -1.20. The van der Waals surface area contributed by atoms with Gasteiger partial charge >= 0.3 is 0 Å². The number of anilines is 1. The third-order valence-corrected chi connectivity index (χ3v) is 4.18. The highest BCUT2D eigenvalue weighted by molar-refractivity contribution is 5.48. The molecule has 2 aliphatic carbocycles. The molecule has 0 spiro atoms. The van der Waals surface area contributed by atoms with Crippen LogP contribution in [0.5, 0.6) is 0 Å². The summed E-state index contributed by atoms with van der Waals surface area (Å²) in [7, 11) is 0. The molecule has 0 saturated heterocycles. The fraction of sp³-hybridized carbons (Fsp3) is 0.714. The number of ether oxygens (including phenoxy) is 1. The molecule has 5 nitrogen and oxygen atoms in total. The van der Waals surface area contributed by atoms with Crippen molar-refractivity contribution in [1.82, 2.24) is 9.97 Å². The number of nitrogens with two attached hydrogens (primary N) is 1. The van der Waals surface area contributed by atoms with Crippen molar-refractivity contribution in [1.29, 1.82) is 0 Å². The van der Waals surface area contributed by atoms with E-state index in [9.17, 15) is 0 Å². The van der Waals surface area contributed by atoms with E-state index in [1.807, 2.05) is 6.92 Å². The van der Waals surface area contributed by atoms with E-state index in [-0.39, 0.29) is 18.2 Å². The first kappa shape index (κ1) is 12.8. The second-order valence-electron chi connectivity index (χ2n) is 5.42. The maximum absolute atomic E-state index is 6.08. The van der Waals surface area contributed by atoms with Gasteiger partial charge in [0, 0.05) is 23.9 Å². The lowest BCUT2D eigenvalue weighted by molar-refractivity contribution is -0.0127. The number of rotatable bonds is 4. The Morgan fingerprint density at radius 1 is 1.37 bits per heavy atom. The zero-order valence-corrected chi connectivity index (χ0v) is 11.4. The molecule has 0 amide bonds. The highest BCUT2D eigenvalue weighted by atomic mass is 16.5. The van der Waals surface area contributed by atoms with E-state index in [1.165, 1.54) is 24.1 Å². The van der Waals surface area contributed by atoms with E-state index >= 15 is 0 Å². The van der Waals surface area contributed by atoms with E-state index in [0.717, 1.165) is 31.7 Å². The predicted octanol–water partition coefficient (Wildman–Crippen LogP) is 1.27. The van der Waals surface area contributed by atoms with Gasteiger partial charge in [-0.3, -0.25) is 0 Å². The van der Waals surface area contributed by atoms with Crippen molar-refractivity contribution >= 4 is 5.82 Å². The van der Waals surface area contributed by atoms with Crippen molar-refractivity contribution in [3.8, 4) is 0 Å². The third-order valence-electron chi connectivity index (χ3n) is 4.18. The fourth-order valence-electron chi connectivity index (χ4n) is 3.03. The Kier molecular flexibility index (Phi) is 3.66. The van der Waals surface area contributed by atoms with Gasteiger partial charge < -0.3 is 15.8 Å². The first-order chi connectivity index (χ1) is 9.29. The van der Waals surface area contributed by atoms with Crippen LogP contribution in [0.4, 0.5) is 5.82 Å². The third kappa shape index (κ3) is 2.44. The average molecular weight is 262 g/mol. The molecule has 104 valence electrons. The number of aryl methyl sites for hydroxylation is 1. The molecule has 1 heterocycles. The number of nitrogens with one attached hydrogen (secondary N) is 1. The molecule has 3 rings (SSSR count). The molecule has 0 radical (unpaired) electrons. The van der Waals surface area contributed by atoms with Gasteiger partial charge in [-0.05, 0) is 39.0 Å². The highest BCUT2D eigenvalue weighted by Crippen LogP contribution is 2.29. The second-order valence-corrected chi connectivity index (χ2v) is 5.42. The minimum Gasteiger partial charge on any atom is -0.376 e. The highest BCUT2D eigenvalue weighted by Gasteiger charge is 2.40. The Labute approximate surface area is 114 Å². The zero-order valence-electron chi connectivity index (χ0n) is 11.4. The molecule has 1 aromatic heterocycles. The molecule has 5 heteroatoms. The van der Waals surface area contributed by atoms with Crippen LogP contribution < -0.4 is 11.1 Å². The van der Waals surface area contributed by atoms with Crippen LogP contribution >= 0.6 is 0 Å². The quantitative estimate of drug-likeness (QED) is 0.855. The van der Waals surface area contributed by atoms with Gasteiger partial charge in [0.2, 0.25) is 0 Å². The minimum atomic E-state index is 0.158. The number of hydrogen-bond acceptors (Lipinski definition) is 5. The molecular formula is C14H22N4O. The van der Waals surface area contributed by atoms with Crippen LogP contribution in [0.25, 0.3) is 0 Å². The van der Waals surface area contributed by atoms with Gasteiger partial charge in [-0.15, -0.1) is 0 Å². The van der Waals surface area contributed by atoms with Gasteiger partial charge in [-0.1, -0.05) is 0 Å². The van der Waals surface area contributed by atoms with E-state index in [1.54, 1.807) is 6.33 Å². The van der Waals surface area contributed by atoms with Crippen LogP contribution in [0.15, 0.2) is 6.33 Å². The maximum Gasteiger partial charge on any atom is 0.133 e.